The molecule has 21 heavy (non-hydrogen) atoms. The van der Waals surface area contributed by atoms with Gasteiger partial charge in [-0.25, -0.2) is 9.48 Å². The van der Waals surface area contributed by atoms with Crippen LogP contribution in [0.5, 0.6) is 5.75 Å². The van der Waals surface area contributed by atoms with Crippen molar-refractivity contribution in [1.29, 1.82) is 0 Å². The molecule has 1 aromatic carbocycles. The first-order valence-corrected chi connectivity index (χ1v) is 6.39. The number of rotatable bonds is 6. The summed E-state index contributed by atoms with van der Waals surface area (Å²) in [6, 6.07) is 6.98. The minimum atomic E-state index is -0.594. The van der Waals surface area contributed by atoms with Crippen LogP contribution in [-0.2, 0) is 11.3 Å². The van der Waals surface area contributed by atoms with Crippen LogP contribution in [0.1, 0.15) is 27.8 Å². The van der Waals surface area contributed by atoms with Crippen molar-refractivity contribution in [2.75, 3.05) is 13.7 Å². The molecule has 0 radical (unpaired) electrons. The van der Waals surface area contributed by atoms with Crippen molar-refractivity contribution in [3.63, 3.8) is 0 Å². The molecule has 0 aliphatic rings. The van der Waals surface area contributed by atoms with E-state index >= 15 is 0 Å². The van der Waals surface area contributed by atoms with E-state index < -0.39 is 5.97 Å². The van der Waals surface area contributed by atoms with E-state index in [0.717, 1.165) is 0 Å². The molecule has 110 valence electrons. The molecule has 0 bridgehead atoms. The summed E-state index contributed by atoms with van der Waals surface area (Å²) in [6.07, 6.45) is 1.37. The SMILES string of the molecule is CCOc1ccccc1C(=O)Cn1cc(C(=O)OC)nn1. The Labute approximate surface area is 121 Å². The minimum absolute atomic E-state index is 0.0336. The summed E-state index contributed by atoms with van der Waals surface area (Å²) < 4.78 is 11.2. The monoisotopic (exact) mass is 289 g/mol. The highest BCUT2D eigenvalue weighted by Gasteiger charge is 2.15. The Morgan fingerprint density at radius 2 is 2.05 bits per heavy atom. The average molecular weight is 289 g/mol. The van der Waals surface area contributed by atoms with Gasteiger partial charge in [-0.1, -0.05) is 17.3 Å². The summed E-state index contributed by atoms with van der Waals surface area (Å²) in [5, 5.41) is 7.38. The second kappa shape index (κ2) is 6.65. The van der Waals surface area contributed by atoms with Crippen LogP contribution in [0.3, 0.4) is 0 Å². The molecular weight excluding hydrogens is 274 g/mol. The maximum atomic E-state index is 12.3. The van der Waals surface area contributed by atoms with Crippen molar-refractivity contribution in [3.8, 4) is 5.75 Å². The molecule has 0 amide bonds. The number of nitrogens with zero attached hydrogens (tertiary/aromatic N) is 3. The highest BCUT2D eigenvalue weighted by Crippen LogP contribution is 2.19. The summed E-state index contributed by atoms with van der Waals surface area (Å²) in [5.74, 6) is -0.248. The molecule has 0 N–H and O–H groups in total. The van der Waals surface area contributed by atoms with Crippen LogP contribution < -0.4 is 4.74 Å². The molecule has 1 heterocycles. The highest BCUT2D eigenvalue weighted by atomic mass is 16.5. The number of carbonyl (C=O) groups is 2. The van der Waals surface area contributed by atoms with E-state index in [-0.39, 0.29) is 18.0 Å². The standard InChI is InChI=1S/C14H15N3O4/c1-3-21-13-7-5-4-6-10(13)12(18)9-17-8-11(15-16-17)14(19)20-2/h4-8H,3,9H2,1-2H3. The van der Waals surface area contributed by atoms with E-state index in [1.807, 2.05) is 6.92 Å². The number of hydrogen-bond acceptors (Lipinski definition) is 6. The lowest BCUT2D eigenvalue weighted by atomic mass is 10.1. The Hall–Kier alpha value is -2.70. The first-order chi connectivity index (χ1) is 10.2. The summed E-state index contributed by atoms with van der Waals surface area (Å²) >= 11 is 0. The van der Waals surface area contributed by atoms with Gasteiger partial charge in [0.25, 0.3) is 0 Å². The van der Waals surface area contributed by atoms with Crippen LogP contribution in [0.15, 0.2) is 30.5 Å². The summed E-state index contributed by atoms with van der Waals surface area (Å²) in [4.78, 5) is 23.6. The van der Waals surface area contributed by atoms with Gasteiger partial charge in [0, 0.05) is 0 Å². The van der Waals surface area contributed by atoms with E-state index in [0.29, 0.717) is 17.9 Å². The van der Waals surface area contributed by atoms with Crippen LogP contribution in [-0.4, -0.2) is 40.5 Å². The van der Waals surface area contributed by atoms with Crippen molar-refractivity contribution in [2.24, 2.45) is 0 Å². The number of esters is 1. The first-order valence-electron chi connectivity index (χ1n) is 6.39. The molecule has 0 spiro atoms. The second-order valence-electron chi connectivity index (χ2n) is 4.15. The van der Waals surface area contributed by atoms with E-state index in [1.165, 1.54) is 18.0 Å². The number of hydrogen-bond donors (Lipinski definition) is 0. The van der Waals surface area contributed by atoms with E-state index in [2.05, 4.69) is 15.0 Å². The fourth-order valence-electron chi connectivity index (χ4n) is 1.78. The molecule has 0 aliphatic carbocycles. The number of Topliss-reactive ketones (excluding diaryl/α,β-unsaturated/α-hetero) is 1. The van der Waals surface area contributed by atoms with Gasteiger partial charge in [0.2, 0.25) is 0 Å². The predicted octanol–water partition coefficient (Wildman–Crippen LogP) is 1.35. The zero-order valence-electron chi connectivity index (χ0n) is 11.8. The molecule has 0 saturated heterocycles. The Bertz CT molecular complexity index is 651. The van der Waals surface area contributed by atoms with Crippen molar-refractivity contribution < 1.29 is 19.1 Å². The molecule has 2 aromatic rings. The molecule has 0 atom stereocenters. The Morgan fingerprint density at radius 1 is 1.29 bits per heavy atom. The Balaban J connectivity index is 2.14. The summed E-state index contributed by atoms with van der Waals surface area (Å²) in [7, 11) is 1.25. The number of aromatic nitrogens is 3. The zero-order chi connectivity index (χ0) is 15.2. The second-order valence-corrected chi connectivity index (χ2v) is 4.15. The van der Waals surface area contributed by atoms with Gasteiger partial charge in [-0.2, -0.15) is 0 Å². The van der Waals surface area contributed by atoms with Crippen molar-refractivity contribution in [1.82, 2.24) is 15.0 Å². The quantitative estimate of drug-likeness (QED) is 0.589. The van der Waals surface area contributed by atoms with Crippen LogP contribution in [0.2, 0.25) is 0 Å². The van der Waals surface area contributed by atoms with E-state index in [1.54, 1.807) is 24.3 Å². The van der Waals surface area contributed by atoms with Gasteiger partial charge in [-0.05, 0) is 19.1 Å². The topological polar surface area (TPSA) is 83.3 Å². The van der Waals surface area contributed by atoms with Crippen LogP contribution in [0.25, 0.3) is 0 Å². The molecule has 0 fully saturated rings. The van der Waals surface area contributed by atoms with Gasteiger partial charge < -0.3 is 9.47 Å². The Kier molecular flexibility index (Phi) is 4.65. The van der Waals surface area contributed by atoms with Crippen LogP contribution >= 0.6 is 0 Å². The molecule has 0 saturated carbocycles. The number of ketones is 1. The third kappa shape index (κ3) is 3.44. The number of methoxy groups -OCH3 is 1. The number of benzene rings is 1. The van der Waals surface area contributed by atoms with Crippen molar-refractivity contribution >= 4 is 11.8 Å². The number of para-hydroxylation sites is 1. The predicted molar refractivity (Wildman–Crippen MR) is 73.3 cm³/mol. The number of ether oxygens (including phenoxy) is 2. The molecule has 7 heteroatoms. The lowest BCUT2D eigenvalue weighted by Crippen LogP contribution is -2.12. The first kappa shape index (κ1) is 14.7. The van der Waals surface area contributed by atoms with Crippen LogP contribution in [0, 0.1) is 0 Å². The third-order valence-electron chi connectivity index (χ3n) is 2.73. The van der Waals surface area contributed by atoms with Crippen molar-refractivity contribution in [3.05, 3.63) is 41.7 Å². The summed E-state index contributed by atoms with van der Waals surface area (Å²) in [5.41, 5.74) is 0.526. The molecule has 2 rings (SSSR count). The van der Waals surface area contributed by atoms with Gasteiger partial charge in [0.15, 0.2) is 11.5 Å². The van der Waals surface area contributed by atoms with Crippen molar-refractivity contribution in [2.45, 2.75) is 13.5 Å². The molecule has 0 unspecified atom stereocenters. The van der Waals surface area contributed by atoms with E-state index in [9.17, 15) is 9.59 Å². The highest BCUT2D eigenvalue weighted by molar-refractivity contribution is 5.98. The smallest absolute Gasteiger partial charge is 0.360 e. The molecular formula is C14H15N3O4. The largest absolute Gasteiger partial charge is 0.493 e. The van der Waals surface area contributed by atoms with Gasteiger partial charge in [-0.3, -0.25) is 4.79 Å². The van der Waals surface area contributed by atoms with Crippen LogP contribution in [0.4, 0.5) is 0 Å². The minimum Gasteiger partial charge on any atom is -0.493 e. The maximum absolute atomic E-state index is 12.3. The average Bonchev–Trinajstić information content (AvgIpc) is 2.95. The van der Waals surface area contributed by atoms with Gasteiger partial charge >= 0.3 is 5.97 Å². The number of carbonyl (C=O) groups excluding carboxylic acids is 2. The lowest BCUT2D eigenvalue weighted by Gasteiger charge is -2.08. The summed E-state index contributed by atoms with van der Waals surface area (Å²) in [6.45, 7) is 2.29. The maximum Gasteiger partial charge on any atom is 0.360 e. The van der Waals surface area contributed by atoms with Gasteiger partial charge in [-0.15, -0.1) is 5.10 Å². The third-order valence-corrected chi connectivity index (χ3v) is 2.73. The van der Waals surface area contributed by atoms with E-state index in [4.69, 9.17) is 4.74 Å². The molecule has 0 aliphatic heterocycles. The normalized spacial score (nSPS) is 10.2. The lowest BCUT2D eigenvalue weighted by molar-refractivity contribution is 0.0593. The fourth-order valence-corrected chi connectivity index (χ4v) is 1.78. The van der Waals surface area contributed by atoms with Gasteiger partial charge in [0.1, 0.15) is 12.3 Å². The molecule has 1 aromatic heterocycles. The Morgan fingerprint density at radius 3 is 2.76 bits per heavy atom. The van der Waals surface area contributed by atoms with Gasteiger partial charge in [0.05, 0.1) is 25.5 Å². The zero-order valence-corrected chi connectivity index (χ0v) is 11.8. The molecule has 7 nitrogen and oxygen atoms in total. The fraction of sp³-hybridized carbons (Fsp3) is 0.286.